The molecule has 2 rings (SSSR count). The number of primary amides is 1. The quantitative estimate of drug-likeness (QED) is 0.786. The number of hydrogen-bond acceptors (Lipinski definition) is 3. The number of hydrogen-bond donors (Lipinski definition) is 3. The van der Waals surface area contributed by atoms with Crippen molar-refractivity contribution in [3.63, 3.8) is 0 Å². The second-order valence-electron chi connectivity index (χ2n) is 5.61. The number of anilines is 1. The highest BCUT2D eigenvalue weighted by Crippen LogP contribution is 2.38. The van der Waals surface area contributed by atoms with E-state index in [1.807, 2.05) is 0 Å². The SMILES string of the molecule is CC1(C(=O)O)CCCCC1Nc1ccc(C(N)=O)cc1. The minimum atomic E-state index is -0.761. The van der Waals surface area contributed by atoms with Gasteiger partial charge >= 0.3 is 5.97 Å². The highest BCUT2D eigenvalue weighted by Gasteiger charge is 2.43. The molecular formula is C15H20N2O3. The molecule has 1 aliphatic carbocycles. The monoisotopic (exact) mass is 276 g/mol. The number of benzene rings is 1. The maximum Gasteiger partial charge on any atom is 0.311 e. The van der Waals surface area contributed by atoms with Crippen molar-refractivity contribution in [2.75, 3.05) is 5.32 Å². The van der Waals surface area contributed by atoms with E-state index in [4.69, 9.17) is 5.73 Å². The molecule has 0 aromatic heterocycles. The Kier molecular flexibility index (Phi) is 3.97. The van der Waals surface area contributed by atoms with Crippen molar-refractivity contribution in [2.24, 2.45) is 11.1 Å². The molecule has 5 nitrogen and oxygen atoms in total. The number of amides is 1. The largest absolute Gasteiger partial charge is 0.481 e. The van der Waals surface area contributed by atoms with Gasteiger partial charge in [0.15, 0.2) is 0 Å². The van der Waals surface area contributed by atoms with E-state index in [0.717, 1.165) is 24.9 Å². The molecule has 5 heteroatoms. The summed E-state index contributed by atoms with van der Waals surface area (Å²) in [5.41, 5.74) is 5.70. The molecular weight excluding hydrogens is 256 g/mol. The van der Waals surface area contributed by atoms with Crippen LogP contribution in [0.15, 0.2) is 24.3 Å². The van der Waals surface area contributed by atoms with E-state index in [2.05, 4.69) is 5.32 Å². The van der Waals surface area contributed by atoms with Gasteiger partial charge < -0.3 is 16.2 Å². The lowest BCUT2D eigenvalue weighted by atomic mass is 9.71. The second kappa shape index (κ2) is 5.53. The van der Waals surface area contributed by atoms with Crippen LogP contribution in [-0.2, 0) is 4.79 Å². The minimum Gasteiger partial charge on any atom is -0.481 e. The highest BCUT2D eigenvalue weighted by molar-refractivity contribution is 5.93. The number of carbonyl (C=O) groups is 2. The molecule has 1 aliphatic rings. The van der Waals surface area contributed by atoms with Crippen molar-refractivity contribution in [3.05, 3.63) is 29.8 Å². The van der Waals surface area contributed by atoms with Crippen LogP contribution in [0.25, 0.3) is 0 Å². The first-order valence-corrected chi connectivity index (χ1v) is 6.83. The predicted octanol–water partition coefficient (Wildman–Crippen LogP) is 2.23. The lowest BCUT2D eigenvalue weighted by Crippen LogP contribution is -2.46. The Hall–Kier alpha value is -2.04. The average Bonchev–Trinajstić information content (AvgIpc) is 2.42. The Morgan fingerprint density at radius 2 is 1.95 bits per heavy atom. The maximum absolute atomic E-state index is 11.5. The van der Waals surface area contributed by atoms with Crippen molar-refractivity contribution in [1.29, 1.82) is 0 Å². The van der Waals surface area contributed by atoms with Gasteiger partial charge in [0.1, 0.15) is 0 Å². The van der Waals surface area contributed by atoms with Crippen molar-refractivity contribution < 1.29 is 14.7 Å². The Morgan fingerprint density at radius 1 is 1.30 bits per heavy atom. The fraction of sp³-hybridized carbons (Fsp3) is 0.467. The number of carboxylic acid groups (broad SMARTS) is 1. The number of nitrogens with one attached hydrogen (secondary N) is 1. The van der Waals surface area contributed by atoms with Gasteiger partial charge in [-0.2, -0.15) is 0 Å². The smallest absolute Gasteiger partial charge is 0.311 e. The van der Waals surface area contributed by atoms with E-state index in [0.29, 0.717) is 12.0 Å². The second-order valence-corrected chi connectivity index (χ2v) is 5.61. The fourth-order valence-corrected chi connectivity index (χ4v) is 2.75. The van der Waals surface area contributed by atoms with Crippen LogP contribution in [0.4, 0.5) is 5.69 Å². The van der Waals surface area contributed by atoms with Crippen LogP contribution in [0.1, 0.15) is 43.0 Å². The first-order valence-electron chi connectivity index (χ1n) is 6.83. The molecule has 1 aromatic rings. The van der Waals surface area contributed by atoms with E-state index < -0.39 is 17.3 Å². The highest BCUT2D eigenvalue weighted by atomic mass is 16.4. The summed E-state index contributed by atoms with van der Waals surface area (Å²) < 4.78 is 0. The topological polar surface area (TPSA) is 92.4 Å². The Labute approximate surface area is 118 Å². The van der Waals surface area contributed by atoms with Crippen molar-refractivity contribution >= 4 is 17.6 Å². The van der Waals surface area contributed by atoms with Crippen molar-refractivity contribution in [1.82, 2.24) is 0 Å². The molecule has 1 aromatic carbocycles. The van der Waals surface area contributed by atoms with Gasteiger partial charge in [-0.15, -0.1) is 0 Å². The summed E-state index contributed by atoms with van der Waals surface area (Å²) in [6.45, 7) is 1.80. The van der Waals surface area contributed by atoms with E-state index in [1.165, 1.54) is 0 Å². The summed E-state index contributed by atoms with van der Waals surface area (Å²) in [5, 5.41) is 12.7. The summed E-state index contributed by atoms with van der Waals surface area (Å²) in [4.78, 5) is 22.5. The molecule has 20 heavy (non-hydrogen) atoms. The van der Waals surface area contributed by atoms with Crippen molar-refractivity contribution in [3.8, 4) is 0 Å². The summed E-state index contributed by atoms with van der Waals surface area (Å²) in [6, 6.07) is 6.71. The van der Waals surface area contributed by atoms with Crippen LogP contribution in [0.3, 0.4) is 0 Å². The Balaban J connectivity index is 2.15. The van der Waals surface area contributed by atoms with Crippen LogP contribution >= 0.6 is 0 Å². The third-order valence-corrected chi connectivity index (χ3v) is 4.21. The van der Waals surface area contributed by atoms with Gasteiger partial charge in [0, 0.05) is 17.3 Å². The van der Waals surface area contributed by atoms with E-state index >= 15 is 0 Å². The number of carbonyl (C=O) groups excluding carboxylic acids is 1. The predicted molar refractivity (Wildman–Crippen MR) is 76.6 cm³/mol. The number of nitrogens with two attached hydrogens (primary N) is 1. The van der Waals surface area contributed by atoms with Gasteiger partial charge in [0.05, 0.1) is 5.41 Å². The molecule has 0 saturated heterocycles. The van der Waals surface area contributed by atoms with Crippen LogP contribution in [0.5, 0.6) is 0 Å². The fourth-order valence-electron chi connectivity index (χ4n) is 2.75. The standard InChI is InChI=1S/C15H20N2O3/c1-15(14(19)20)9-3-2-4-12(15)17-11-7-5-10(6-8-11)13(16)18/h5-8,12,17H,2-4,9H2,1H3,(H2,16,18)(H,19,20). The summed E-state index contributed by atoms with van der Waals surface area (Å²) in [5.74, 6) is -1.23. The van der Waals surface area contributed by atoms with Crippen LogP contribution < -0.4 is 11.1 Å². The third-order valence-electron chi connectivity index (χ3n) is 4.21. The zero-order chi connectivity index (χ0) is 14.8. The van der Waals surface area contributed by atoms with E-state index in [9.17, 15) is 14.7 Å². The Bertz CT molecular complexity index is 512. The molecule has 0 bridgehead atoms. The third kappa shape index (κ3) is 2.76. The first-order chi connectivity index (χ1) is 9.43. The van der Waals surface area contributed by atoms with Crippen LogP contribution in [-0.4, -0.2) is 23.0 Å². The number of aliphatic carboxylic acids is 1. The number of carboxylic acids is 1. The van der Waals surface area contributed by atoms with Gasteiger partial charge in [0.2, 0.25) is 5.91 Å². The summed E-state index contributed by atoms with van der Waals surface area (Å²) >= 11 is 0. The molecule has 0 heterocycles. The van der Waals surface area contributed by atoms with Gasteiger partial charge in [-0.3, -0.25) is 9.59 Å². The zero-order valence-corrected chi connectivity index (χ0v) is 11.6. The summed E-state index contributed by atoms with van der Waals surface area (Å²) in [7, 11) is 0. The van der Waals surface area contributed by atoms with Crippen LogP contribution in [0.2, 0.25) is 0 Å². The van der Waals surface area contributed by atoms with Gasteiger partial charge in [0.25, 0.3) is 0 Å². The minimum absolute atomic E-state index is 0.104. The van der Waals surface area contributed by atoms with Crippen LogP contribution in [0, 0.1) is 5.41 Å². The summed E-state index contributed by atoms with van der Waals surface area (Å²) in [6.07, 6.45) is 3.49. The Morgan fingerprint density at radius 3 is 2.50 bits per heavy atom. The lowest BCUT2D eigenvalue weighted by molar-refractivity contribution is -0.150. The molecule has 2 unspecified atom stereocenters. The molecule has 1 saturated carbocycles. The first kappa shape index (κ1) is 14.4. The molecule has 1 amide bonds. The lowest BCUT2D eigenvalue weighted by Gasteiger charge is -2.39. The normalized spacial score (nSPS) is 25.9. The van der Waals surface area contributed by atoms with Gasteiger partial charge in [-0.05, 0) is 44.0 Å². The average molecular weight is 276 g/mol. The molecule has 1 fully saturated rings. The zero-order valence-electron chi connectivity index (χ0n) is 11.6. The molecule has 2 atom stereocenters. The van der Waals surface area contributed by atoms with Crippen molar-refractivity contribution in [2.45, 2.75) is 38.6 Å². The molecule has 0 aliphatic heterocycles. The van der Waals surface area contributed by atoms with E-state index in [1.54, 1.807) is 31.2 Å². The molecule has 0 radical (unpaired) electrons. The molecule has 4 N–H and O–H groups in total. The number of rotatable bonds is 4. The van der Waals surface area contributed by atoms with Gasteiger partial charge in [-0.1, -0.05) is 12.8 Å². The van der Waals surface area contributed by atoms with Gasteiger partial charge in [-0.25, -0.2) is 0 Å². The molecule has 108 valence electrons. The van der Waals surface area contributed by atoms with E-state index in [-0.39, 0.29) is 6.04 Å². The molecule has 0 spiro atoms. The maximum atomic E-state index is 11.5.